The van der Waals surface area contributed by atoms with Crippen molar-refractivity contribution in [2.45, 2.75) is 0 Å². The standard InChI is InChI=1S/C39H26N4/c1-2-11-27(12-3-1)28-13-8-14-29(23-28)31-25-35(42-36(26-31)34-18-6-7-21-40-34)30-15-9-16-32(24-30)43-37-19-5-4-17-33(37)39-38(43)20-10-22-41-39/h1-26H. The van der Waals surface area contributed by atoms with Gasteiger partial charge in [-0.25, -0.2) is 4.98 Å². The Hall–Kier alpha value is -5.87. The minimum Gasteiger partial charge on any atom is -0.308 e. The molecule has 8 aromatic rings. The summed E-state index contributed by atoms with van der Waals surface area (Å²) < 4.78 is 2.29. The van der Waals surface area contributed by atoms with Crippen LogP contribution < -0.4 is 0 Å². The molecule has 0 aliphatic carbocycles. The average Bonchev–Trinajstić information content (AvgIpc) is 3.43. The zero-order chi connectivity index (χ0) is 28.6. The first-order valence-corrected chi connectivity index (χ1v) is 14.4. The number of benzene rings is 4. The topological polar surface area (TPSA) is 43.6 Å². The van der Waals surface area contributed by atoms with E-state index in [9.17, 15) is 0 Å². The Labute approximate surface area is 249 Å². The number of fused-ring (bicyclic) bond motifs is 3. The van der Waals surface area contributed by atoms with E-state index in [1.54, 1.807) is 0 Å². The lowest BCUT2D eigenvalue weighted by Gasteiger charge is -2.13. The van der Waals surface area contributed by atoms with Gasteiger partial charge in [0.15, 0.2) is 0 Å². The molecular weight excluding hydrogens is 524 g/mol. The SMILES string of the molecule is c1ccc(-c2cccc(-c3cc(-c4cccc(-n5c6ccccc6c6ncccc65)c4)nc(-c4ccccn4)c3)c2)cc1. The van der Waals surface area contributed by atoms with Gasteiger partial charge in [-0.1, -0.05) is 84.9 Å². The summed E-state index contributed by atoms with van der Waals surface area (Å²) in [6.45, 7) is 0. The second-order valence-electron chi connectivity index (χ2n) is 10.6. The molecule has 0 saturated carbocycles. The van der Waals surface area contributed by atoms with Crippen molar-refractivity contribution in [3.05, 3.63) is 158 Å². The average molecular weight is 551 g/mol. The monoisotopic (exact) mass is 550 g/mol. The summed E-state index contributed by atoms with van der Waals surface area (Å²) in [5, 5.41) is 1.14. The molecule has 202 valence electrons. The van der Waals surface area contributed by atoms with Crippen molar-refractivity contribution in [3.63, 3.8) is 0 Å². The van der Waals surface area contributed by atoms with Crippen molar-refractivity contribution in [2.75, 3.05) is 0 Å². The lowest BCUT2D eigenvalue weighted by Crippen LogP contribution is -1.96. The molecule has 8 rings (SSSR count). The van der Waals surface area contributed by atoms with Crippen LogP contribution in [-0.2, 0) is 0 Å². The Morgan fingerprint density at radius 1 is 0.395 bits per heavy atom. The van der Waals surface area contributed by atoms with E-state index in [0.29, 0.717) is 0 Å². The smallest absolute Gasteiger partial charge is 0.0963 e. The van der Waals surface area contributed by atoms with Gasteiger partial charge in [0.05, 0.1) is 33.6 Å². The fraction of sp³-hybridized carbons (Fsp3) is 0. The predicted octanol–water partition coefficient (Wildman–Crippen LogP) is 9.64. The lowest BCUT2D eigenvalue weighted by atomic mass is 9.97. The summed E-state index contributed by atoms with van der Waals surface area (Å²) in [4.78, 5) is 14.5. The fourth-order valence-electron chi connectivity index (χ4n) is 5.87. The second kappa shape index (κ2) is 10.5. The van der Waals surface area contributed by atoms with Gasteiger partial charge in [0.2, 0.25) is 0 Å². The van der Waals surface area contributed by atoms with E-state index in [4.69, 9.17) is 9.97 Å². The van der Waals surface area contributed by atoms with Crippen molar-refractivity contribution < 1.29 is 0 Å². The molecule has 0 amide bonds. The summed E-state index contributed by atoms with van der Waals surface area (Å²) in [6, 6.07) is 50.6. The Balaban J connectivity index is 1.30. The summed E-state index contributed by atoms with van der Waals surface area (Å²) in [7, 11) is 0. The minimum absolute atomic E-state index is 0.838. The Morgan fingerprint density at radius 2 is 1.09 bits per heavy atom. The molecule has 43 heavy (non-hydrogen) atoms. The van der Waals surface area contributed by atoms with Gasteiger partial charge in [0.1, 0.15) is 0 Å². The molecule has 4 aromatic heterocycles. The highest BCUT2D eigenvalue weighted by Crippen LogP contribution is 2.34. The van der Waals surface area contributed by atoms with E-state index >= 15 is 0 Å². The van der Waals surface area contributed by atoms with Gasteiger partial charge in [0, 0.05) is 29.0 Å². The van der Waals surface area contributed by atoms with Crippen molar-refractivity contribution in [1.29, 1.82) is 0 Å². The molecule has 0 radical (unpaired) electrons. The van der Waals surface area contributed by atoms with Crippen molar-refractivity contribution in [1.82, 2.24) is 19.5 Å². The highest BCUT2D eigenvalue weighted by Gasteiger charge is 2.15. The van der Waals surface area contributed by atoms with Gasteiger partial charge in [0.25, 0.3) is 0 Å². The van der Waals surface area contributed by atoms with Crippen LogP contribution in [0.5, 0.6) is 0 Å². The van der Waals surface area contributed by atoms with E-state index < -0.39 is 0 Å². The third-order valence-electron chi connectivity index (χ3n) is 7.88. The molecule has 0 aliphatic heterocycles. The number of pyridine rings is 3. The molecule has 0 spiro atoms. The maximum atomic E-state index is 5.14. The summed E-state index contributed by atoms with van der Waals surface area (Å²) >= 11 is 0. The molecule has 0 fully saturated rings. The van der Waals surface area contributed by atoms with E-state index in [1.165, 1.54) is 11.1 Å². The second-order valence-corrected chi connectivity index (χ2v) is 10.6. The summed E-state index contributed by atoms with van der Waals surface area (Å²) in [6.07, 6.45) is 3.67. The van der Waals surface area contributed by atoms with E-state index in [1.807, 2.05) is 42.7 Å². The van der Waals surface area contributed by atoms with Crippen LogP contribution in [0.3, 0.4) is 0 Å². The molecule has 0 aliphatic rings. The molecule has 0 unspecified atom stereocenters. The first kappa shape index (κ1) is 24.9. The summed E-state index contributed by atoms with van der Waals surface area (Å²) in [5.74, 6) is 0. The van der Waals surface area contributed by atoms with Gasteiger partial charge in [-0.3, -0.25) is 9.97 Å². The maximum absolute atomic E-state index is 5.14. The molecule has 4 aromatic carbocycles. The normalized spacial score (nSPS) is 11.3. The number of hydrogen-bond donors (Lipinski definition) is 0. The quantitative estimate of drug-likeness (QED) is 0.214. The van der Waals surface area contributed by atoms with Crippen molar-refractivity contribution >= 4 is 21.9 Å². The predicted molar refractivity (Wildman–Crippen MR) is 176 cm³/mol. The zero-order valence-electron chi connectivity index (χ0n) is 23.3. The Bertz CT molecular complexity index is 2180. The number of aromatic nitrogens is 4. The van der Waals surface area contributed by atoms with Crippen LogP contribution >= 0.6 is 0 Å². The van der Waals surface area contributed by atoms with Gasteiger partial charge >= 0.3 is 0 Å². The van der Waals surface area contributed by atoms with Crippen molar-refractivity contribution in [3.8, 4) is 50.6 Å². The van der Waals surface area contributed by atoms with E-state index in [2.05, 4.69) is 125 Å². The van der Waals surface area contributed by atoms with E-state index in [-0.39, 0.29) is 0 Å². The van der Waals surface area contributed by atoms with Crippen LogP contribution in [0.15, 0.2) is 158 Å². The lowest BCUT2D eigenvalue weighted by molar-refractivity contribution is 1.17. The van der Waals surface area contributed by atoms with Crippen molar-refractivity contribution in [2.24, 2.45) is 0 Å². The van der Waals surface area contributed by atoms with Crippen LogP contribution in [0.1, 0.15) is 0 Å². The van der Waals surface area contributed by atoms with Crippen LogP contribution in [0.4, 0.5) is 0 Å². The zero-order valence-corrected chi connectivity index (χ0v) is 23.3. The molecule has 4 heteroatoms. The van der Waals surface area contributed by atoms with Gasteiger partial charge in [-0.05, 0) is 82.9 Å². The first-order chi connectivity index (χ1) is 21.3. The number of para-hydroxylation sites is 1. The maximum Gasteiger partial charge on any atom is 0.0963 e. The van der Waals surface area contributed by atoms with Crippen LogP contribution in [-0.4, -0.2) is 19.5 Å². The first-order valence-electron chi connectivity index (χ1n) is 14.4. The van der Waals surface area contributed by atoms with Crippen LogP contribution in [0.2, 0.25) is 0 Å². The third kappa shape index (κ3) is 4.55. The molecular formula is C39H26N4. The van der Waals surface area contributed by atoms with Crippen LogP contribution in [0, 0.1) is 0 Å². The fourth-order valence-corrected chi connectivity index (χ4v) is 5.87. The summed E-state index contributed by atoms with van der Waals surface area (Å²) in [5.41, 5.74) is 12.5. The number of rotatable bonds is 5. The largest absolute Gasteiger partial charge is 0.308 e. The molecule has 4 nitrogen and oxygen atoms in total. The highest BCUT2D eigenvalue weighted by molar-refractivity contribution is 6.07. The van der Waals surface area contributed by atoms with Crippen LogP contribution in [0.25, 0.3) is 72.5 Å². The van der Waals surface area contributed by atoms with Gasteiger partial charge in [-0.2, -0.15) is 0 Å². The Morgan fingerprint density at radius 3 is 1.98 bits per heavy atom. The number of nitrogens with zero attached hydrogens (tertiary/aromatic N) is 4. The highest BCUT2D eigenvalue weighted by atomic mass is 15.0. The molecule has 0 atom stereocenters. The molecule has 0 N–H and O–H groups in total. The minimum atomic E-state index is 0.838. The van der Waals surface area contributed by atoms with Gasteiger partial charge < -0.3 is 4.57 Å². The molecule has 0 saturated heterocycles. The number of hydrogen-bond acceptors (Lipinski definition) is 3. The Kier molecular flexibility index (Phi) is 6.08. The van der Waals surface area contributed by atoms with Gasteiger partial charge in [-0.15, -0.1) is 0 Å². The third-order valence-corrected chi connectivity index (χ3v) is 7.88. The molecule has 0 bridgehead atoms. The van der Waals surface area contributed by atoms with E-state index in [0.717, 1.165) is 61.4 Å². The molecule has 4 heterocycles.